The summed E-state index contributed by atoms with van der Waals surface area (Å²) in [6.45, 7) is 4.80. The van der Waals surface area contributed by atoms with Crippen molar-refractivity contribution < 1.29 is 4.74 Å². The van der Waals surface area contributed by atoms with Crippen LogP contribution in [0.5, 0.6) is 0 Å². The number of imidazole rings is 1. The number of halogens is 1. The second-order valence-corrected chi connectivity index (χ2v) is 5.81. The van der Waals surface area contributed by atoms with E-state index in [1.54, 1.807) is 0 Å². The average molecular weight is 294 g/mol. The Hall–Kier alpha value is -1.13. The van der Waals surface area contributed by atoms with Gasteiger partial charge in [-0.2, -0.15) is 0 Å². The highest BCUT2D eigenvalue weighted by Crippen LogP contribution is 2.23. The SMILES string of the molecule is Cc1ccnc2c1nc(CCCl)n2CC1CCOCC1. The number of hydrogen-bond donors (Lipinski definition) is 0. The summed E-state index contributed by atoms with van der Waals surface area (Å²) in [6.07, 6.45) is 4.89. The Morgan fingerprint density at radius 2 is 2.20 bits per heavy atom. The monoisotopic (exact) mass is 293 g/mol. The van der Waals surface area contributed by atoms with Crippen LogP contribution < -0.4 is 0 Å². The molecule has 0 amide bonds. The number of pyridine rings is 1. The normalized spacial score (nSPS) is 16.9. The topological polar surface area (TPSA) is 39.9 Å². The summed E-state index contributed by atoms with van der Waals surface area (Å²) < 4.78 is 7.71. The van der Waals surface area contributed by atoms with Gasteiger partial charge in [-0.25, -0.2) is 9.97 Å². The quantitative estimate of drug-likeness (QED) is 0.814. The zero-order chi connectivity index (χ0) is 13.9. The van der Waals surface area contributed by atoms with Crippen molar-refractivity contribution in [3.05, 3.63) is 23.7 Å². The number of alkyl halides is 1. The summed E-state index contributed by atoms with van der Waals surface area (Å²) >= 11 is 5.92. The molecule has 0 radical (unpaired) electrons. The molecule has 3 heterocycles. The van der Waals surface area contributed by atoms with Crippen LogP contribution in [-0.4, -0.2) is 33.6 Å². The van der Waals surface area contributed by atoms with E-state index in [1.165, 1.54) is 5.56 Å². The van der Waals surface area contributed by atoms with Crippen LogP contribution in [0.3, 0.4) is 0 Å². The zero-order valence-corrected chi connectivity index (χ0v) is 12.6. The van der Waals surface area contributed by atoms with Crippen molar-refractivity contribution in [3.63, 3.8) is 0 Å². The molecule has 0 aromatic carbocycles. The third-order valence-corrected chi connectivity index (χ3v) is 4.20. The van der Waals surface area contributed by atoms with Gasteiger partial charge in [-0.1, -0.05) is 0 Å². The molecule has 4 nitrogen and oxygen atoms in total. The molecule has 3 rings (SSSR count). The number of fused-ring (bicyclic) bond motifs is 1. The molecule has 2 aromatic rings. The lowest BCUT2D eigenvalue weighted by atomic mass is 10.0. The van der Waals surface area contributed by atoms with Gasteiger partial charge in [-0.05, 0) is 37.3 Å². The van der Waals surface area contributed by atoms with E-state index in [9.17, 15) is 0 Å². The van der Waals surface area contributed by atoms with E-state index >= 15 is 0 Å². The van der Waals surface area contributed by atoms with E-state index < -0.39 is 0 Å². The number of aryl methyl sites for hydroxylation is 2. The number of nitrogens with zero attached hydrogens (tertiary/aromatic N) is 3. The Morgan fingerprint density at radius 3 is 2.95 bits per heavy atom. The average Bonchev–Trinajstić information content (AvgIpc) is 2.81. The second kappa shape index (κ2) is 6.10. The lowest BCUT2D eigenvalue weighted by molar-refractivity contribution is 0.0613. The van der Waals surface area contributed by atoms with Gasteiger partial charge in [0.05, 0.1) is 0 Å². The highest BCUT2D eigenvalue weighted by atomic mass is 35.5. The summed E-state index contributed by atoms with van der Waals surface area (Å²) in [6, 6.07) is 2.01. The summed E-state index contributed by atoms with van der Waals surface area (Å²) in [5, 5.41) is 0. The summed E-state index contributed by atoms with van der Waals surface area (Å²) in [5.41, 5.74) is 3.19. The van der Waals surface area contributed by atoms with Gasteiger partial charge in [0.25, 0.3) is 0 Å². The summed E-state index contributed by atoms with van der Waals surface area (Å²) in [5.74, 6) is 2.30. The van der Waals surface area contributed by atoms with E-state index in [0.29, 0.717) is 11.8 Å². The lowest BCUT2D eigenvalue weighted by Gasteiger charge is -2.23. The van der Waals surface area contributed by atoms with Gasteiger partial charge >= 0.3 is 0 Å². The van der Waals surface area contributed by atoms with E-state index in [0.717, 1.165) is 56.0 Å². The van der Waals surface area contributed by atoms with E-state index in [1.807, 2.05) is 12.3 Å². The van der Waals surface area contributed by atoms with Gasteiger partial charge in [-0.15, -0.1) is 11.6 Å². The van der Waals surface area contributed by atoms with Crippen LogP contribution in [0.25, 0.3) is 11.2 Å². The highest BCUT2D eigenvalue weighted by Gasteiger charge is 2.19. The standard InChI is InChI=1S/C15H20ClN3O/c1-11-3-7-17-15-14(11)18-13(2-6-16)19(15)10-12-4-8-20-9-5-12/h3,7,12H,2,4-6,8-10H2,1H3. The predicted octanol–water partition coefficient (Wildman–Crippen LogP) is 2.95. The lowest BCUT2D eigenvalue weighted by Crippen LogP contribution is -2.21. The van der Waals surface area contributed by atoms with Crippen molar-refractivity contribution in [2.45, 2.75) is 32.7 Å². The van der Waals surface area contributed by atoms with Crippen LogP contribution in [-0.2, 0) is 17.7 Å². The van der Waals surface area contributed by atoms with Crippen LogP contribution in [0, 0.1) is 12.8 Å². The van der Waals surface area contributed by atoms with Crippen molar-refractivity contribution in [1.82, 2.24) is 14.5 Å². The van der Waals surface area contributed by atoms with Gasteiger partial charge in [0.2, 0.25) is 0 Å². The maximum Gasteiger partial charge on any atom is 0.160 e. The molecule has 0 unspecified atom stereocenters. The molecule has 0 aliphatic carbocycles. The van der Waals surface area contributed by atoms with E-state index in [4.69, 9.17) is 21.3 Å². The van der Waals surface area contributed by atoms with Crippen LogP contribution >= 0.6 is 11.6 Å². The Bertz CT molecular complexity index is 590. The first-order valence-electron chi connectivity index (χ1n) is 7.24. The summed E-state index contributed by atoms with van der Waals surface area (Å²) in [4.78, 5) is 9.29. The molecule has 1 fully saturated rings. The summed E-state index contributed by atoms with van der Waals surface area (Å²) in [7, 11) is 0. The first-order valence-corrected chi connectivity index (χ1v) is 7.77. The van der Waals surface area contributed by atoms with Crippen molar-refractivity contribution in [3.8, 4) is 0 Å². The molecule has 1 aliphatic rings. The number of aromatic nitrogens is 3. The molecule has 5 heteroatoms. The fourth-order valence-corrected chi connectivity index (χ4v) is 3.01. The number of hydrogen-bond acceptors (Lipinski definition) is 3. The minimum atomic E-state index is 0.593. The largest absolute Gasteiger partial charge is 0.381 e. The Kier molecular flexibility index (Phi) is 4.22. The van der Waals surface area contributed by atoms with Gasteiger partial charge in [0, 0.05) is 38.3 Å². The van der Waals surface area contributed by atoms with Crippen molar-refractivity contribution in [1.29, 1.82) is 0 Å². The molecule has 2 aromatic heterocycles. The zero-order valence-electron chi connectivity index (χ0n) is 11.8. The van der Waals surface area contributed by atoms with Gasteiger partial charge < -0.3 is 9.30 Å². The number of ether oxygens (including phenoxy) is 1. The van der Waals surface area contributed by atoms with Crippen LogP contribution in [0.15, 0.2) is 12.3 Å². The molecule has 20 heavy (non-hydrogen) atoms. The van der Waals surface area contributed by atoms with Gasteiger partial charge in [0.15, 0.2) is 5.65 Å². The Morgan fingerprint density at radius 1 is 1.40 bits per heavy atom. The predicted molar refractivity (Wildman–Crippen MR) is 80.2 cm³/mol. The molecule has 108 valence electrons. The van der Waals surface area contributed by atoms with E-state index in [2.05, 4.69) is 16.5 Å². The molecular weight excluding hydrogens is 274 g/mol. The fraction of sp³-hybridized carbons (Fsp3) is 0.600. The fourth-order valence-electron chi connectivity index (χ4n) is 2.84. The molecule has 1 aliphatic heterocycles. The smallest absolute Gasteiger partial charge is 0.160 e. The van der Waals surface area contributed by atoms with Gasteiger partial charge in [-0.3, -0.25) is 0 Å². The molecule has 0 spiro atoms. The first kappa shape index (κ1) is 13.8. The van der Waals surface area contributed by atoms with Gasteiger partial charge in [0.1, 0.15) is 11.3 Å². The molecule has 0 atom stereocenters. The Balaban J connectivity index is 1.97. The van der Waals surface area contributed by atoms with Crippen LogP contribution in [0.4, 0.5) is 0 Å². The number of rotatable bonds is 4. The maximum atomic E-state index is 5.92. The van der Waals surface area contributed by atoms with Crippen molar-refractivity contribution in [2.24, 2.45) is 5.92 Å². The second-order valence-electron chi connectivity index (χ2n) is 5.43. The molecular formula is C15H20ClN3O. The molecule has 1 saturated heterocycles. The highest BCUT2D eigenvalue weighted by molar-refractivity contribution is 6.17. The molecule has 0 saturated carbocycles. The third-order valence-electron chi connectivity index (χ3n) is 4.01. The third kappa shape index (κ3) is 2.67. The van der Waals surface area contributed by atoms with Crippen LogP contribution in [0.2, 0.25) is 0 Å². The van der Waals surface area contributed by atoms with Crippen molar-refractivity contribution in [2.75, 3.05) is 19.1 Å². The van der Waals surface area contributed by atoms with Crippen LogP contribution in [0.1, 0.15) is 24.2 Å². The molecule has 0 bridgehead atoms. The minimum Gasteiger partial charge on any atom is -0.381 e. The first-order chi connectivity index (χ1) is 9.79. The minimum absolute atomic E-state index is 0.593. The maximum absolute atomic E-state index is 5.92. The van der Waals surface area contributed by atoms with E-state index in [-0.39, 0.29) is 0 Å². The Labute approximate surface area is 124 Å². The molecule has 0 N–H and O–H groups in total. The van der Waals surface area contributed by atoms with Crippen molar-refractivity contribution >= 4 is 22.8 Å².